The molecule has 2 rings (SSSR count). The number of rotatable bonds is 0. The molecule has 13 heavy (non-hydrogen) atoms. The molecule has 0 fully saturated rings. The Kier molecular flexibility index (Phi) is 2.02. The molecular weight excluding hydrogens is 211 g/mol. The summed E-state index contributed by atoms with van der Waals surface area (Å²) in [7, 11) is 0. The number of fused-ring (bicyclic) bond motifs is 1. The largest absolute Gasteiger partial charge is 0.443 e. The van der Waals surface area contributed by atoms with Gasteiger partial charge in [0.05, 0.1) is 5.39 Å². The lowest BCUT2D eigenvalue weighted by atomic mass is 10.2. The highest BCUT2D eigenvalue weighted by Crippen LogP contribution is 2.22. The highest BCUT2D eigenvalue weighted by Gasteiger charge is 2.09. The Bertz CT molecular complexity index is 516. The summed E-state index contributed by atoms with van der Waals surface area (Å²) in [5.41, 5.74) is 0.149. The minimum atomic E-state index is -0.298. The van der Waals surface area contributed by atoms with Crippen LogP contribution in [0, 0.1) is 0 Å². The van der Waals surface area contributed by atoms with E-state index < -0.39 is 0 Å². The summed E-state index contributed by atoms with van der Waals surface area (Å²) in [4.78, 5) is 11.5. The fraction of sp³-hybridized carbons (Fsp3) is 0. The number of hydrogen-bond donors (Lipinski definition) is 0. The van der Waals surface area contributed by atoms with Crippen molar-refractivity contribution < 1.29 is 4.42 Å². The van der Waals surface area contributed by atoms with Crippen LogP contribution in [0.4, 0.5) is 0 Å². The molecule has 4 heteroatoms. The molecule has 0 saturated heterocycles. The first kappa shape index (κ1) is 8.60. The van der Waals surface area contributed by atoms with Crippen LogP contribution in [0.3, 0.4) is 0 Å². The van der Waals surface area contributed by atoms with Crippen molar-refractivity contribution in [3.8, 4) is 0 Å². The molecule has 0 atom stereocenters. The first-order chi connectivity index (χ1) is 6.20. The third-order valence-electron chi connectivity index (χ3n) is 1.70. The van der Waals surface area contributed by atoms with Gasteiger partial charge in [-0.05, 0) is 23.7 Å². The third kappa shape index (κ3) is 1.32. The average Bonchev–Trinajstić information content (AvgIpc) is 2.15. The smallest absolute Gasteiger partial charge is 0.216 e. The van der Waals surface area contributed by atoms with E-state index in [1.165, 1.54) is 0 Å². The monoisotopic (exact) mass is 214 g/mol. The van der Waals surface area contributed by atoms with Gasteiger partial charge in [-0.1, -0.05) is 23.7 Å². The second kappa shape index (κ2) is 3.05. The van der Waals surface area contributed by atoms with Gasteiger partial charge in [0, 0.05) is 0 Å². The fourth-order valence-corrected chi connectivity index (χ4v) is 1.40. The van der Waals surface area contributed by atoms with Gasteiger partial charge in [-0.2, -0.15) is 0 Å². The normalized spacial score (nSPS) is 10.6. The quantitative estimate of drug-likeness (QED) is 0.675. The maximum absolute atomic E-state index is 11.5. The van der Waals surface area contributed by atoms with Gasteiger partial charge in [-0.15, -0.1) is 0 Å². The maximum Gasteiger partial charge on any atom is 0.216 e. The summed E-state index contributed by atoms with van der Waals surface area (Å²) >= 11 is 11.2. The molecular formula is C9H4Cl2O2. The Hall–Kier alpha value is -0.990. The van der Waals surface area contributed by atoms with E-state index in [1.807, 2.05) is 0 Å². The zero-order chi connectivity index (χ0) is 9.42. The van der Waals surface area contributed by atoms with E-state index in [2.05, 4.69) is 0 Å². The molecule has 0 aliphatic heterocycles. The SMILES string of the molecule is O=c1c(Cl)c(Cl)oc2ccccc12. The first-order valence-corrected chi connectivity index (χ1v) is 4.32. The van der Waals surface area contributed by atoms with Gasteiger partial charge >= 0.3 is 0 Å². The van der Waals surface area contributed by atoms with Crippen molar-refractivity contribution in [2.45, 2.75) is 0 Å². The Morgan fingerprint density at radius 3 is 2.62 bits per heavy atom. The van der Waals surface area contributed by atoms with Crippen molar-refractivity contribution in [2.75, 3.05) is 0 Å². The van der Waals surface area contributed by atoms with Gasteiger partial charge in [-0.3, -0.25) is 4.79 Å². The van der Waals surface area contributed by atoms with E-state index in [4.69, 9.17) is 27.6 Å². The number of para-hydroxylation sites is 1. The first-order valence-electron chi connectivity index (χ1n) is 3.57. The van der Waals surface area contributed by atoms with Crippen molar-refractivity contribution in [3.05, 3.63) is 44.7 Å². The molecule has 0 saturated carbocycles. The van der Waals surface area contributed by atoms with E-state index in [1.54, 1.807) is 24.3 Å². The van der Waals surface area contributed by atoms with E-state index in [0.29, 0.717) is 11.0 Å². The molecule has 0 radical (unpaired) electrons. The van der Waals surface area contributed by atoms with E-state index in [9.17, 15) is 4.79 Å². The molecule has 0 bridgehead atoms. The summed E-state index contributed by atoms with van der Waals surface area (Å²) in [5.74, 6) is 0. The topological polar surface area (TPSA) is 30.2 Å². The Balaban J connectivity index is 3.03. The Morgan fingerprint density at radius 1 is 1.15 bits per heavy atom. The average molecular weight is 215 g/mol. The molecule has 0 aliphatic rings. The summed E-state index contributed by atoms with van der Waals surface area (Å²) in [6.45, 7) is 0. The maximum atomic E-state index is 11.5. The van der Waals surface area contributed by atoms with Gasteiger partial charge in [0.25, 0.3) is 0 Å². The van der Waals surface area contributed by atoms with Crippen LogP contribution in [-0.2, 0) is 0 Å². The lowest BCUT2D eigenvalue weighted by Gasteiger charge is -1.97. The number of hydrogen-bond acceptors (Lipinski definition) is 2. The minimum Gasteiger partial charge on any atom is -0.443 e. The van der Waals surface area contributed by atoms with Crippen molar-refractivity contribution in [1.82, 2.24) is 0 Å². The predicted molar refractivity (Wildman–Crippen MR) is 52.5 cm³/mol. The molecule has 1 aromatic heterocycles. The van der Waals surface area contributed by atoms with Gasteiger partial charge in [0.15, 0.2) is 0 Å². The predicted octanol–water partition coefficient (Wildman–Crippen LogP) is 3.10. The summed E-state index contributed by atoms with van der Waals surface area (Å²) in [5, 5.41) is 0.308. The van der Waals surface area contributed by atoms with Gasteiger partial charge in [-0.25, -0.2) is 0 Å². The molecule has 0 aliphatic carbocycles. The van der Waals surface area contributed by atoms with Gasteiger partial charge in [0.1, 0.15) is 10.6 Å². The summed E-state index contributed by atoms with van der Waals surface area (Å²) < 4.78 is 5.11. The van der Waals surface area contributed by atoms with Crippen LogP contribution in [0.1, 0.15) is 0 Å². The van der Waals surface area contributed by atoms with Gasteiger partial charge < -0.3 is 4.42 Å². The molecule has 1 aromatic carbocycles. The second-order valence-corrected chi connectivity index (χ2v) is 3.24. The molecule has 2 nitrogen and oxygen atoms in total. The standard InChI is InChI=1S/C9H4Cl2O2/c10-7-8(12)5-3-1-2-4-6(5)13-9(7)11/h1-4H. The van der Waals surface area contributed by atoms with Crippen LogP contribution in [-0.4, -0.2) is 0 Å². The lowest BCUT2D eigenvalue weighted by Crippen LogP contribution is -2.01. The molecule has 0 N–H and O–H groups in total. The van der Waals surface area contributed by atoms with E-state index in [-0.39, 0.29) is 15.7 Å². The zero-order valence-electron chi connectivity index (χ0n) is 6.38. The molecule has 66 valence electrons. The van der Waals surface area contributed by atoms with Crippen LogP contribution in [0.15, 0.2) is 33.5 Å². The molecule has 1 heterocycles. The summed E-state index contributed by atoms with van der Waals surface area (Å²) in [6, 6.07) is 6.81. The van der Waals surface area contributed by atoms with E-state index in [0.717, 1.165) is 0 Å². The summed E-state index contributed by atoms with van der Waals surface area (Å²) in [6.07, 6.45) is 0. The number of halogens is 2. The van der Waals surface area contributed by atoms with Crippen LogP contribution in [0.5, 0.6) is 0 Å². The highest BCUT2D eigenvalue weighted by atomic mass is 35.5. The Labute approximate surface area is 83.7 Å². The van der Waals surface area contributed by atoms with Crippen LogP contribution in [0.25, 0.3) is 11.0 Å². The van der Waals surface area contributed by atoms with E-state index >= 15 is 0 Å². The molecule has 2 aromatic rings. The van der Waals surface area contributed by atoms with Crippen LogP contribution in [0.2, 0.25) is 10.2 Å². The second-order valence-electron chi connectivity index (χ2n) is 2.52. The van der Waals surface area contributed by atoms with Crippen molar-refractivity contribution in [1.29, 1.82) is 0 Å². The van der Waals surface area contributed by atoms with Crippen LogP contribution >= 0.6 is 23.2 Å². The van der Waals surface area contributed by atoms with Crippen molar-refractivity contribution >= 4 is 34.2 Å². The fourth-order valence-electron chi connectivity index (χ4n) is 1.09. The molecule has 0 unspecified atom stereocenters. The molecule has 0 spiro atoms. The Morgan fingerprint density at radius 2 is 1.85 bits per heavy atom. The number of benzene rings is 1. The minimum absolute atomic E-state index is 0.0645. The molecule has 0 amide bonds. The zero-order valence-corrected chi connectivity index (χ0v) is 7.89. The van der Waals surface area contributed by atoms with Crippen LogP contribution < -0.4 is 5.43 Å². The van der Waals surface area contributed by atoms with Crippen molar-refractivity contribution in [2.24, 2.45) is 0 Å². The third-order valence-corrected chi connectivity index (χ3v) is 2.41. The lowest BCUT2D eigenvalue weighted by molar-refractivity contribution is 0.605. The van der Waals surface area contributed by atoms with Gasteiger partial charge in [0.2, 0.25) is 10.6 Å². The van der Waals surface area contributed by atoms with Crippen molar-refractivity contribution in [3.63, 3.8) is 0 Å². The highest BCUT2D eigenvalue weighted by molar-refractivity contribution is 6.41.